The minimum absolute atomic E-state index is 0.103. The van der Waals surface area contributed by atoms with Crippen LogP contribution in [-0.2, 0) is 9.53 Å². The molecular weight excluding hydrogens is 250 g/mol. The van der Waals surface area contributed by atoms with Crippen molar-refractivity contribution in [3.05, 3.63) is 48.6 Å². The fourth-order valence-corrected chi connectivity index (χ4v) is 1.80. The summed E-state index contributed by atoms with van der Waals surface area (Å²) in [5.74, 6) is -0.0207. The van der Waals surface area contributed by atoms with E-state index < -0.39 is 6.04 Å². The zero-order valence-corrected chi connectivity index (χ0v) is 12.5. The molecule has 0 bridgehead atoms. The van der Waals surface area contributed by atoms with E-state index in [0.29, 0.717) is 0 Å². The summed E-state index contributed by atoms with van der Waals surface area (Å²) in [7, 11) is 0. The monoisotopic (exact) mass is 273 g/mol. The third-order valence-corrected chi connectivity index (χ3v) is 3.01. The number of rotatable bonds is 7. The lowest BCUT2D eigenvalue weighted by atomic mass is 10.0. The van der Waals surface area contributed by atoms with Gasteiger partial charge in [0.15, 0.2) is 0 Å². The molecule has 0 saturated carbocycles. The molecule has 0 N–H and O–H groups in total. The van der Waals surface area contributed by atoms with Crippen molar-refractivity contribution in [1.82, 2.24) is 0 Å². The Morgan fingerprint density at radius 1 is 1.30 bits per heavy atom. The number of benzene rings is 1. The Morgan fingerprint density at radius 3 is 2.50 bits per heavy atom. The van der Waals surface area contributed by atoms with Crippen molar-refractivity contribution in [3.63, 3.8) is 0 Å². The Hall–Kier alpha value is -1.90. The van der Waals surface area contributed by atoms with Gasteiger partial charge >= 0.3 is 5.97 Å². The number of ether oxygens (including phenoxy) is 1. The van der Waals surface area contributed by atoms with Crippen LogP contribution < -0.4 is 0 Å². The molecule has 1 unspecified atom stereocenters. The molecule has 0 aliphatic heterocycles. The molecule has 0 aliphatic rings. The zero-order valence-electron chi connectivity index (χ0n) is 12.5. The number of carbonyl (C=O) groups excluding carboxylic acids is 1. The van der Waals surface area contributed by atoms with Crippen molar-refractivity contribution in [2.45, 2.75) is 32.7 Å². The van der Waals surface area contributed by atoms with Gasteiger partial charge in [0.2, 0.25) is 0 Å². The Balaban J connectivity index is 2.72. The molecule has 1 aromatic carbocycles. The van der Waals surface area contributed by atoms with E-state index in [0.717, 1.165) is 0 Å². The van der Waals surface area contributed by atoms with Crippen LogP contribution in [0.15, 0.2) is 48.0 Å². The Labute approximate surface area is 121 Å². The van der Waals surface area contributed by atoms with E-state index in [4.69, 9.17) is 4.74 Å². The Kier molecular flexibility index (Phi) is 6.71. The highest BCUT2D eigenvalue weighted by Gasteiger charge is 2.22. The molecular formula is C17H23NO2. The van der Waals surface area contributed by atoms with Crippen LogP contribution >= 0.6 is 0 Å². The van der Waals surface area contributed by atoms with Gasteiger partial charge in [-0.05, 0) is 11.5 Å². The first-order valence-corrected chi connectivity index (χ1v) is 6.92. The second kappa shape index (κ2) is 8.31. The van der Waals surface area contributed by atoms with Gasteiger partial charge in [0, 0.05) is 12.1 Å². The summed E-state index contributed by atoms with van der Waals surface area (Å²) in [6.07, 6.45) is 3.39. The normalized spacial score (nSPS) is 14.2. The molecule has 0 amide bonds. The van der Waals surface area contributed by atoms with E-state index in [-0.39, 0.29) is 24.4 Å². The minimum Gasteiger partial charge on any atom is -0.460 e. The number of hydrogen-bond acceptors (Lipinski definition) is 3. The summed E-state index contributed by atoms with van der Waals surface area (Å²) in [4.78, 5) is 16.3. The highest BCUT2D eigenvalue weighted by molar-refractivity contribution is 5.79. The van der Waals surface area contributed by atoms with Crippen LogP contribution in [0.25, 0.3) is 0 Å². The summed E-state index contributed by atoms with van der Waals surface area (Å²) in [6, 6.07) is 9.63. The molecule has 20 heavy (non-hydrogen) atoms. The number of aliphatic imine (C=N–C) groups is 1. The van der Waals surface area contributed by atoms with Crippen molar-refractivity contribution in [1.29, 1.82) is 0 Å². The van der Waals surface area contributed by atoms with Crippen LogP contribution in [0.2, 0.25) is 0 Å². The lowest BCUT2D eigenvalue weighted by Gasteiger charge is -2.15. The van der Waals surface area contributed by atoms with Crippen LogP contribution in [0.3, 0.4) is 0 Å². The first kappa shape index (κ1) is 16.2. The van der Waals surface area contributed by atoms with Crippen molar-refractivity contribution < 1.29 is 9.53 Å². The van der Waals surface area contributed by atoms with Crippen LogP contribution in [0.4, 0.5) is 0 Å². The summed E-state index contributed by atoms with van der Waals surface area (Å²) in [6.45, 7) is 9.75. The quantitative estimate of drug-likeness (QED) is 0.432. The van der Waals surface area contributed by atoms with Gasteiger partial charge in [0.25, 0.3) is 0 Å². The number of hydrogen-bond donors (Lipinski definition) is 0. The van der Waals surface area contributed by atoms with Crippen molar-refractivity contribution >= 4 is 12.2 Å². The van der Waals surface area contributed by atoms with Gasteiger partial charge in [-0.3, -0.25) is 4.99 Å². The van der Waals surface area contributed by atoms with Crippen LogP contribution in [0.1, 0.15) is 32.3 Å². The Morgan fingerprint density at radius 2 is 1.95 bits per heavy atom. The SMILES string of the molecule is C=CCOC(=O)[C@@H](N=CC(C)c1ccccc1)C(C)C. The molecule has 108 valence electrons. The van der Waals surface area contributed by atoms with Crippen molar-refractivity contribution in [2.75, 3.05) is 6.61 Å². The van der Waals surface area contributed by atoms with Gasteiger partial charge in [-0.25, -0.2) is 4.79 Å². The van der Waals surface area contributed by atoms with E-state index in [1.165, 1.54) is 5.56 Å². The van der Waals surface area contributed by atoms with Gasteiger partial charge in [-0.1, -0.05) is 63.8 Å². The third-order valence-electron chi connectivity index (χ3n) is 3.01. The van der Waals surface area contributed by atoms with Crippen LogP contribution in [0.5, 0.6) is 0 Å². The second-order valence-electron chi connectivity index (χ2n) is 5.11. The maximum Gasteiger partial charge on any atom is 0.331 e. The minimum atomic E-state index is -0.457. The van der Waals surface area contributed by atoms with Gasteiger partial charge in [-0.15, -0.1) is 0 Å². The van der Waals surface area contributed by atoms with E-state index in [1.807, 2.05) is 38.3 Å². The molecule has 0 aliphatic carbocycles. The predicted octanol–water partition coefficient (Wildman–Crippen LogP) is 3.61. The number of carbonyl (C=O) groups is 1. The molecule has 1 aromatic rings. The van der Waals surface area contributed by atoms with Gasteiger partial charge in [-0.2, -0.15) is 0 Å². The fraction of sp³-hybridized carbons (Fsp3) is 0.412. The molecule has 0 radical (unpaired) electrons. The molecule has 3 heteroatoms. The summed E-state index contributed by atoms with van der Waals surface area (Å²) >= 11 is 0. The Bertz CT molecular complexity index is 451. The van der Waals surface area contributed by atoms with Crippen molar-refractivity contribution in [3.8, 4) is 0 Å². The lowest BCUT2D eigenvalue weighted by molar-refractivity contribution is -0.144. The van der Waals surface area contributed by atoms with Gasteiger partial charge in [0.05, 0.1) is 0 Å². The average Bonchev–Trinajstić information content (AvgIpc) is 2.45. The second-order valence-corrected chi connectivity index (χ2v) is 5.11. The van der Waals surface area contributed by atoms with Crippen LogP contribution in [-0.4, -0.2) is 24.8 Å². The molecule has 0 heterocycles. The van der Waals surface area contributed by atoms with Gasteiger partial charge < -0.3 is 4.74 Å². The molecule has 0 aromatic heterocycles. The fourth-order valence-electron chi connectivity index (χ4n) is 1.80. The van der Waals surface area contributed by atoms with Crippen LogP contribution in [0, 0.1) is 5.92 Å². The first-order valence-electron chi connectivity index (χ1n) is 6.92. The molecule has 0 fully saturated rings. The van der Waals surface area contributed by atoms with Crippen molar-refractivity contribution in [2.24, 2.45) is 10.9 Å². The third kappa shape index (κ3) is 5.00. The molecule has 3 nitrogen and oxygen atoms in total. The lowest BCUT2D eigenvalue weighted by Crippen LogP contribution is -2.27. The summed E-state index contributed by atoms with van der Waals surface area (Å²) in [5, 5.41) is 0. The standard InChI is InChI=1S/C17H23NO2/c1-5-11-20-17(19)16(13(2)3)18-12-14(4)15-9-7-6-8-10-15/h5-10,12-14,16H,1,11H2,2-4H3/t14?,16-/m0/s1. The molecule has 2 atom stereocenters. The average molecular weight is 273 g/mol. The van der Waals surface area contributed by atoms with E-state index in [1.54, 1.807) is 6.08 Å². The maximum absolute atomic E-state index is 11.9. The smallest absolute Gasteiger partial charge is 0.331 e. The number of nitrogens with zero attached hydrogens (tertiary/aromatic N) is 1. The van der Waals surface area contributed by atoms with E-state index in [2.05, 4.69) is 30.6 Å². The summed E-state index contributed by atoms with van der Waals surface area (Å²) in [5.41, 5.74) is 1.18. The molecule has 1 rings (SSSR count). The first-order chi connectivity index (χ1) is 9.56. The zero-order chi connectivity index (χ0) is 15.0. The molecule has 0 spiro atoms. The predicted molar refractivity (Wildman–Crippen MR) is 83.1 cm³/mol. The largest absolute Gasteiger partial charge is 0.460 e. The van der Waals surface area contributed by atoms with E-state index in [9.17, 15) is 4.79 Å². The topological polar surface area (TPSA) is 38.7 Å². The maximum atomic E-state index is 11.9. The van der Waals surface area contributed by atoms with E-state index >= 15 is 0 Å². The van der Waals surface area contributed by atoms with Gasteiger partial charge in [0.1, 0.15) is 12.6 Å². The highest BCUT2D eigenvalue weighted by Crippen LogP contribution is 2.14. The summed E-state index contributed by atoms with van der Waals surface area (Å²) < 4.78 is 5.08. The highest BCUT2D eigenvalue weighted by atomic mass is 16.5. The molecule has 0 saturated heterocycles. The number of esters is 1.